The second-order valence-corrected chi connectivity index (χ2v) is 6.05. The number of methoxy groups -OCH3 is 1. The van der Waals surface area contributed by atoms with E-state index in [4.69, 9.17) is 14.6 Å². The first-order chi connectivity index (χ1) is 12.4. The van der Waals surface area contributed by atoms with Crippen molar-refractivity contribution in [2.45, 2.75) is 26.9 Å². The molecule has 1 heterocycles. The van der Waals surface area contributed by atoms with Crippen LogP contribution in [0.5, 0.6) is 11.5 Å². The molecule has 0 fully saturated rings. The van der Waals surface area contributed by atoms with E-state index < -0.39 is 5.97 Å². The molecule has 9 heteroatoms. The number of hydrogen-bond donors (Lipinski definition) is 2. The average molecular weight is 362 g/mol. The Kier molecular flexibility index (Phi) is 6.54. The molecule has 140 valence electrons. The fourth-order valence-electron chi connectivity index (χ4n) is 2.09. The maximum Gasteiger partial charge on any atom is 0.325 e. The zero-order valence-electron chi connectivity index (χ0n) is 14.9. The lowest BCUT2D eigenvalue weighted by atomic mass is 10.2. The molecular weight excluding hydrogens is 340 g/mol. The van der Waals surface area contributed by atoms with Crippen LogP contribution in [-0.2, 0) is 17.9 Å². The summed E-state index contributed by atoms with van der Waals surface area (Å²) in [6.45, 7) is 4.48. The van der Waals surface area contributed by atoms with Crippen molar-refractivity contribution < 1.29 is 24.2 Å². The molecule has 0 bridgehead atoms. The maximum atomic E-state index is 12.3. The molecule has 9 nitrogen and oxygen atoms in total. The molecule has 0 spiro atoms. The highest BCUT2D eigenvalue weighted by atomic mass is 16.5. The third kappa shape index (κ3) is 5.47. The molecule has 1 amide bonds. The molecule has 0 saturated carbocycles. The van der Waals surface area contributed by atoms with Gasteiger partial charge in [0.1, 0.15) is 12.2 Å². The van der Waals surface area contributed by atoms with Crippen molar-refractivity contribution in [3.05, 3.63) is 35.7 Å². The second-order valence-electron chi connectivity index (χ2n) is 6.05. The molecule has 0 aliphatic rings. The number of ether oxygens (including phenoxy) is 2. The summed E-state index contributed by atoms with van der Waals surface area (Å²) < 4.78 is 12.1. The first kappa shape index (κ1) is 19.2. The first-order valence-electron chi connectivity index (χ1n) is 8.09. The Balaban J connectivity index is 1.98. The zero-order valence-corrected chi connectivity index (χ0v) is 14.9. The van der Waals surface area contributed by atoms with E-state index in [1.807, 2.05) is 13.8 Å². The van der Waals surface area contributed by atoms with E-state index in [1.54, 1.807) is 18.2 Å². The molecule has 0 radical (unpaired) electrons. The SMILES string of the molecule is COc1cc(C(=O)NCc2cn(CC(=O)O)nn2)ccc1OCC(C)C. The number of amides is 1. The summed E-state index contributed by atoms with van der Waals surface area (Å²) >= 11 is 0. The summed E-state index contributed by atoms with van der Waals surface area (Å²) in [7, 11) is 1.51. The van der Waals surface area contributed by atoms with Crippen LogP contribution in [-0.4, -0.2) is 45.7 Å². The van der Waals surface area contributed by atoms with Crippen LogP contribution in [0.1, 0.15) is 29.9 Å². The molecule has 2 N–H and O–H groups in total. The van der Waals surface area contributed by atoms with Gasteiger partial charge in [-0.25, -0.2) is 4.68 Å². The Morgan fingerprint density at radius 2 is 2.08 bits per heavy atom. The Hall–Kier alpha value is -3.10. The highest BCUT2D eigenvalue weighted by molar-refractivity contribution is 5.94. The average Bonchev–Trinajstić information content (AvgIpc) is 3.04. The van der Waals surface area contributed by atoms with Crippen LogP contribution < -0.4 is 14.8 Å². The summed E-state index contributed by atoms with van der Waals surface area (Å²) in [6, 6.07) is 4.94. The lowest BCUT2D eigenvalue weighted by molar-refractivity contribution is -0.137. The number of aromatic nitrogens is 3. The van der Waals surface area contributed by atoms with E-state index in [1.165, 1.54) is 18.0 Å². The molecular formula is C17H22N4O5. The van der Waals surface area contributed by atoms with Crippen molar-refractivity contribution in [3.8, 4) is 11.5 Å². The number of carbonyl (C=O) groups is 2. The van der Waals surface area contributed by atoms with Gasteiger partial charge in [-0.15, -0.1) is 5.10 Å². The van der Waals surface area contributed by atoms with E-state index in [9.17, 15) is 9.59 Å². The van der Waals surface area contributed by atoms with Crippen molar-refractivity contribution in [2.24, 2.45) is 5.92 Å². The van der Waals surface area contributed by atoms with Crippen molar-refractivity contribution in [1.29, 1.82) is 0 Å². The van der Waals surface area contributed by atoms with Crippen LogP contribution >= 0.6 is 0 Å². The minimum Gasteiger partial charge on any atom is -0.493 e. The minimum absolute atomic E-state index is 0.131. The third-order valence-corrected chi connectivity index (χ3v) is 3.31. The van der Waals surface area contributed by atoms with Crippen molar-refractivity contribution in [2.75, 3.05) is 13.7 Å². The van der Waals surface area contributed by atoms with Gasteiger partial charge in [0.15, 0.2) is 11.5 Å². The Morgan fingerprint density at radius 1 is 1.31 bits per heavy atom. The molecule has 2 rings (SSSR count). The number of carboxylic acid groups (broad SMARTS) is 1. The lowest BCUT2D eigenvalue weighted by Crippen LogP contribution is -2.23. The third-order valence-electron chi connectivity index (χ3n) is 3.31. The van der Waals surface area contributed by atoms with Crippen LogP contribution in [0.15, 0.2) is 24.4 Å². The smallest absolute Gasteiger partial charge is 0.325 e. The van der Waals surface area contributed by atoms with E-state index >= 15 is 0 Å². The molecule has 0 saturated heterocycles. The Labute approximate surface area is 150 Å². The first-order valence-corrected chi connectivity index (χ1v) is 8.09. The van der Waals surface area contributed by atoms with Crippen molar-refractivity contribution in [1.82, 2.24) is 20.3 Å². The van der Waals surface area contributed by atoms with Gasteiger partial charge in [0.2, 0.25) is 0 Å². The van der Waals surface area contributed by atoms with E-state index in [0.29, 0.717) is 35.3 Å². The topological polar surface area (TPSA) is 116 Å². The Bertz CT molecular complexity index is 772. The van der Waals surface area contributed by atoms with Gasteiger partial charge in [0.25, 0.3) is 5.91 Å². The summed E-state index contributed by atoms with van der Waals surface area (Å²) in [5, 5.41) is 18.9. The number of nitrogens with zero attached hydrogens (tertiary/aromatic N) is 3. The number of hydrogen-bond acceptors (Lipinski definition) is 6. The van der Waals surface area contributed by atoms with E-state index in [2.05, 4.69) is 15.6 Å². The summed E-state index contributed by atoms with van der Waals surface area (Å²) in [4.78, 5) is 22.9. The van der Waals surface area contributed by atoms with Crippen molar-refractivity contribution in [3.63, 3.8) is 0 Å². The van der Waals surface area contributed by atoms with Crippen LogP contribution in [0, 0.1) is 5.92 Å². The van der Waals surface area contributed by atoms with Crippen LogP contribution in [0.25, 0.3) is 0 Å². The largest absolute Gasteiger partial charge is 0.493 e. The van der Waals surface area contributed by atoms with Gasteiger partial charge in [-0.1, -0.05) is 19.1 Å². The number of aliphatic carboxylic acids is 1. The molecule has 1 aromatic carbocycles. The lowest BCUT2D eigenvalue weighted by Gasteiger charge is -2.13. The van der Waals surface area contributed by atoms with Crippen LogP contribution in [0.2, 0.25) is 0 Å². The molecule has 0 aliphatic carbocycles. The standard InChI is InChI=1S/C17H22N4O5/c1-11(2)10-26-14-5-4-12(6-15(14)25-3)17(24)18-7-13-8-21(20-19-13)9-16(22)23/h4-6,8,11H,7,9-10H2,1-3H3,(H,18,24)(H,22,23). The second kappa shape index (κ2) is 8.84. The predicted molar refractivity (Wildman–Crippen MR) is 92.2 cm³/mol. The van der Waals surface area contributed by atoms with Gasteiger partial charge < -0.3 is 19.9 Å². The van der Waals surface area contributed by atoms with Gasteiger partial charge in [-0.3, -0.25) is 9.59 Å². The molecule has 0 unspecified atom stereocenters. The number of nitrogens with one attached hydrogen (secondary N) is 1. The molecule has 1 aromatic heterocycles. The van der Waals surface area contributed by atoms with Gasteiger partial charge >= 0.3 is 5.97 Å². The van der Waals surface area contributed by atoms with Crippen LogP contribution in [0.3, 0.4) is 0 Å². The number of carbonyl (C=O) groups excluding carboxylic acids is 1. The summed E-state index contributed by atoms with van der Waals surface area (Å²) in [5.74, 6) is 0.0983. The number of carboxylic acids is 1. The highest BCUT2D eigenvalue weighted by Gasteiger charge is 2.12. The number of benzene rings is 1. The fourth-order valence-corrected chi connectivity index (χ4v) is 2.09. The summed E-state index contributed by atoms with van der Waals surface area (Å²) in [6.07, 6.45) is 1.47. The summed E-state index contributed by atoms with van der Waals surface area (Å²) in [5.41, 5.74) is 0.875. The molecule has 26 heavy (non-hydrogen) atoms. The molecule has 0 atom stereocenters. The van der Waals surface area contributed by atoms with Gasteiger partial charge in [0.05, 0.1) is 26.5 Å². The number of rotatable bonds is 9. The predicted octanol–water partition coefficient (Wildman–Crippen LogP) is 1.34. The normalized spacial score (nSPS) is 10.6. The van der Waals surface area contributed by atoms with Crippen LogP contribution in [0.4, 0.5) is 0 Å². The van der Waals surface area contributed by atoms with Gasteiger partial charge in [0, 0.05) is 5.56 Å². The molecule has 0 aliphatic heterocycles. The monoisotopic (exact) mass is 362 g/mol. The van der Waals surface area contributed by atoms with E-state index in [0.717, 1.165) is 0 Å². The zero-order chi connectivity index (χ0) is 19.1. The highest BCUT2D eigenvalue weighted by Crippen LogP contribution is 2.28. The van der Waals surface area contributed by atoms with E-state index in [-0.39, 0.29) is 19.0 Å². The van der Waals surface area contributed by atoms with Gasteiger partial charge in [-0.05, 0) is 24.1 Å². The fraction of sp³-hybridized carbons (Fsp3) is 0.412. The quantitative estimate of drug-likeness (QED) is 0.691. The minimum atomic E-state index is -1.02. The maximum absolute atomic E-state index is 12.3. The Morgan fingerprint density at radius 3 is 2.73 bits per heavy atom. The van der Waals surface area contributed by atoms with Gasteiger partial charge in [-0.2, -0.15) is 0 Å². The van der Waals surface area contributed by atoms with Crippen molar-refractivity contribution >= 4 is 11.9 Å². The molecule has 2 aromatic rings.